The van der Waals surface area contributed by atoms with Crippen LogP contribution >= 0.6 is 0 Å². The van der Waals surface area contributed by atoms with Crippen LogP contribution in [-0.2, 0) is 0 Å². The summed E-state index contributed by atoms with van der Waals surface area (Å²) in [5, 5.41) is 0. The lowest BCUT2D eigenvalue weighted by atomic mass is 10.1. The lowest BCUT2D eigenvalue weighted by molar-refractivity contribution is 0.346. The molecule has 3 nitrogen and oxygen atoms in total. The number of likely N-dealkylation sites (N-methyl/N-ethyl adjacent to an activating group) is 1. The molecule has 0 aliphatic carbocycles. The first-order chi connectivity index (χ1) is 8.66. The van der Waals surface area contributed by atoms with Crippen LogP contribution in [0.4, 0.5) is 5.69 Å². The van der Waals surface area contributed by atoms with Crippen molar-refractivity contribution in [3.8, 4) is 0 Å². The predicted molar refractivity (Wildman–Crippen MR) is 78.0 cm³/mol. The molecule has 0 amide bonds. The van der Waals surface area contributed by atoms with Gasteiger partial charge < -0.3 is 15.5 Å². The first-order valence-electron chi connectivity index (χ1n) is 6.96. The molecule has 2 N–H and O–H groups in total. The number of nitrogens with zero attached hydrogens (tertiary/aromatic N) is 2. The van der Waals surface area contributed by atoms with Crippen LogP contribution in [0.25, 0.3) is 0 Å². The zero-order valence-electron chi connectivity index (χ0n) is 11.6. The van der Waals surface area contributed by atoms with Crippen molar-refractivity contribution in [1.82, 2.24) is 4.90 Å². The van der Waals surface area contributed by atoms with Crippen LogP contribution in [-0.4, -0.2) is 38.1 Å². The van der Waals surface area contributed by atoms with Gasteiger partial charge in [-0.25, -0.2) is 0 Å². The Bertz CT molecular complexity index is 353. The van der Waals surface area contributed by atoms with Gasteiger partial charge in [-0.2, -0.15) is 0 Å². The minimum absolute atomic E-state index is 0.119. The van der Waals surface area contributed by atoms with Crippen molar-refractivity contribution in [2.45, 2.75) is 25.8 Å². The van der Waals surface area contributed by atoms with Gasteiger partial charge in [0.2, 0.25) is 0 Å². The highest BCUT2D eigenvalue weighted by Gasteiger charge is 2.11. The Hall–Kier alpha value is -1.06. The van der Waals surface area contributed by atoms with Crippen LogP contribution in [0, 0.1) is 0 Å². The number of anilines is 1. The molecule has 1 aliphatic rings. The molecule has 0 unspecified atom stereocenters. The molecule has 1 aliphatic heterocycles. The monoisotopic (exact) mass is 247 g/mol. The van der Waals surface area contributed by atoms with Gasteiger partial charge in [-0.1, -0.05) is 12.1 Å². The Morgan fingerprint density at radius 3 is 2.39 bits per heavy atom. The summed E-state index contributed by atoms with van der Waals surface area (Å²) in [7, 11) is 2.16. The molecule has 3 heteroatoms. The minimum atomic E-state index is 0.119. The summed E-state index contributed by atoms with van der Waals surface area (Å²) in [4.78, 5) is 4.87. The fraction of sp³-hybridized carbons (Fsp3) is 0.600. The van der Waals surface area contributed by atoms with Crippen LogP contribution in [0.5, 0.6) is 0 Å². The summed E-state index contributed by atoms with van der Waals surface area (Å²) in [6, 6.07) is 8.72. The highest BCUT2D eigenvalue weighted by Crippen LogP contribution is 2.17. The van der Waals surface area contributed by atoms with E-state index in [9.17, 15) is 0 Å². The lowest BCUT2D eigenvalue weighted by Gasteiger charge is -2.23. The van der Waals surface area contributed by atoms with Gasteiger partial charge in [0.05, 0.1) is 0 Å². The molecule has 1 atom stereocenters. The summed E-state index contributed by atoms with van der Waals surface area (Å²) < 4.78 is 0. The molecule has 100 valence electrons. The van der Waals surface area contributed by atoms with E-state index in [0.717, 1.165) is 6.54 Å². The zero-order valence-corrected chi connectivity index (χ0v) is 11.6. The normalized spacial score (nSPS) is 17.9. The first-order valence-corrected chi connectivity index (χ1v) is 6.96. The van der Waals surface area contributed by atoms with Crippen molar-refractivity contribution in [1.29, 1.82) is 0 Å². The topological polar surface area (TPSA) is 32.5 Å². The van der Waals surface area contributed by atoms with E-state index in [0.29, 0.717) is 0 Å². The highest BCUT2D eigenvalue weighted by molar-refractivity contribution is 5.47. The third kappa shape index (κ3) is 3.47. The molecular formula is C15H25N3. The van der Waals surface area contributed by atoms with Gasteiger partial charge in [-0.3, -0.25) is 0 Å². The molecule has 1 heterocycles. The van der Waals surface area contributed by atoms with E-state index in [1.807, 2.05) is 6.92 Å². The van der Waals surface area contributed by atoms with Crippen LogP contribution in [0.1, 0.15) is 31.4 Å². The van der Waals surface area contributed by atoms with Crippen LogP contribution in [0.3, 0.4) is 0 Å². The average molecular weight is 247 g/mol. The van der Waals surface area contributed by atoms with Crippen molar-refractivity contribution in [3.05, 3.63) is 29.8 Å². The molecule has 0 aromatic heterocycles. The molecule has 0 saturated carbocycles. The molecule has 0 bridgehead atoms. The van der Waals surface area contributed by atoms with E-state index in [1.54, 1.807) is 0 Å². The Morgan fingerprint density at radius 1 is 1.22 bits per heavy atom. The number of nitrogens with two attached hydrogens (primary N) is 1. The van der Waals surface area contributed by atoms with E-state index < -0.39 is 0 Å². The van der Waals surface area contributed by atoms with Crippen molar-refractivity contribution >= 4 is 5.69 Å². The molecule has 18 heavy (non-hydrogen) atoms. The second kappa shape index (κ2) is 6.21. The summed E-state index contributed by atoms with van der Waals surface area (Å²) in [6.45, 7) is 6.84. The second-order valence-corrected chi connectivity index (χ2v) is 5.35. The zero-order chi connectivity index (χ0) is 13.0. The molecule has 0 spiro atoms. The van der Waals surface area contributed by atoms with Crippen LogP contribution in [0.15, 0.2) is 24.3 Å². The number of hydrogen-bond acceptors (Lipinski definition) is 3. The Labute approximate surface area is 111 Å². The molecule has 0 radical (unpaired) electrons. The van der Waals surface area contributed by atoms with Gasteiger partial charge in [-0.05, 0) is 50.6 Å². The second-order valence-electron chi connectivity index (χ2n) is 5.35. The molecule has 1 aromatic rings. The van der Waals surface area contributed by atoms with Gasteiger partial charge in [-0.15, -0.1) is 0 Å². The van der Waals surface area contributed by atoms with Crippen molar-refractivity contribution in [2.75, 3.05) is 38.1 Å². The fourth-order valence-electron chi connectivity index (χ4n) is 2.46. The van der Waals surface area contributed by atoms with Gasteiger partial charge >= 0.3 is 0 Å². The summed E-state index contributed by atoms with van der Waals surface area (Å²) in [5.74, 6) is 0. The molecule has 1 aromatic carbocycles. The third-order valence-electron chi connectivity index (χ3n) is 3.81. The summed E-state index contributed by atoms with van der Waals surface area (Å²) >= 11 is 0. The number of hydrogen-bond donors (Lipinski definition) is 1. The van der Waals surface area contributed by atoms with E-state index in [4.69, 9.17) is 5.73 Å². The van der Waals surface area contributed by atoms with E-state index in [-0.39, 0.29) is 6.04 Å². The van der Waals surface area contributed by atoms with Gasteiger partial charge in [0, 0.05) is 31.9 Å². The number of likely N-dealkylation sites (tertiary alicyclic amines) is 1. The first kappa shape index (κ1) is 13.4. The number of benzene rings is 1. The summed E-state index contributed by atoms with van der Waals surface area (Å²) in [6.07, 6.45) is 2.74. The smallest absolute Gasteiger partial charge is 0.0364 e. The molecule has 1 saturated heterocycles. The van der Waals surface area contributed by atoms with Gasteiger partial charge in [0.15, 0.2) is 0 Å². The Balaban J connectivity index is 1.85. The molecular weight excluding hydrogens is 222 g/mol. The lowest BCUT2D eigenvalue weighted by Crippen LogP contribution is -2.31. The van der Waals surface area contributed by atoms with Gasteiger partial charge in [0.25, 0.3) is 0 Å². The number of rotatable bonds is 5. The highest BCUT2D eigenvalue weighted by atomic mass is 15.2. The standard InChI is InChI=1S/C15H25N3/c1-13(16)14-5-7-15(8-6-14)17(2)11-12-18-9-3-4-10-18/h5-8,13H,3-4,9-12,16H2,1-2H3/t13-/m0/s1. The summed E-state index contributed by atoms with van der Waals surface area (Å²) in [5.41, 5.74) is 8.34. The Morgan fingerprint density at radius 2 is 1.83 bits per heavy atom. The van der Waals surface area contributed by atoms with E-state index >= 15 is 0 Å². The van der Waals surface area contributed by atoms with Crippen molar-refractivity contribution in [2.24, 2.45) is 5.73 Å². The molecule has 2 rings (SSSR count). The average Bonchev–Trinajstić information content (AvgIpc) is 2.89. The van der Waals surface area contributed by atoms with Crippen molar-refractivity contribution in [3.63, 3.8) is 0 Å². The van der Waals surface area contributed by atoms with Crippen LogP contribution in [0.2, 0.25) is 0 Å². The van der Waals surface area contributed by atoms with E-state index in [1.165, 1.54) is 43.7 Å². The SMILES string of the molecule is C[C@H](N)c1ccc(N(C)CCN2CCCC2)cc1. The fourth-order valence-corrected chi connectivity index (χ4v) is 2.46. The maximum Gasteiger partial charge on any atom is 0.0364 e. The largest absolute Gasteiger partial charge is 0.373 e. The Kier molecular flexibility index (Phi) is 4.61. The maximum atomic E-state index is 5.86. The van der Waals surface area contributed by atoms with E-state index in [2.05, 4.69) is 41.1 Å². The minimum Gasteiger partial charge on any atom is -0.373 e. The third-order valence-corrected chi connectivity index (χ3v) is 3.81. The maximum absolute atomic E-state index is 5.86. The van der Waals surface area contributed by atoms with Gasteiger partial charge in [0.1, 0.15) is 0 Å². The quantitative estimate of drug-likeness (QED) is 0.866. The molecule has 1 fully saturated rings. The predicted octanol–water partition coefficient (Wildman–Crippen LogP) is 2.24. The van der Waals surface area contributed by atoms with Crippen molar-refractivity contribution < 1.29 is 0 Å². The van der Waals surface area contributed by atoms with Crippen LogP contribution < -0.4 is 10.6 Å².